The number of rotatable bonds is 6. The van der Waals surface area contributed by atoms with Gasteiger partial charge in [0.05, 0.1) is 11.3 Å². The molecule has 2 aromatic carbocycles. The molecule has 0 bridgehead atoms. The number of hydrogen-bond acceptors (Lipinski definition) is 5. The van der Waals surface area contributed by atoms with Crippen LogP contribution in [0.4, 0.5) is 5.69 Å². The summed E-state index contributed by atoms with van der Waals surface area (Å²) in [4.78, 5) is 30.0. The standard InChI is InChI=1S/C24H23N3O2S2/c1-15(2)16-9-11-18(12-10-16)25-20(28)14-31-24-26-21-19(17-7-5-4-6-8-17)13-30-22(21)23(29)27(24)3/h4-13,15H,14H2,1-3H3,(H,25,28). The fourth-order valence-corrected chi connectivity index (χ4v) is 5.01. The predicted molar refractivity (Wildman–Crippen MR) is 130 cm³/mol. The molecule has 1 N–H and O–H groups in total. The van der Waals surface area contributed by atoms with Gasteiger partial charge in [-0.05, 0) is 29.2 Å². The molecule has 0 unspecified atom stereocenters. The van der Waals surface area contributed by atoms with Gasteiger partial charge in [-0.3, -0.25) is 14.2 Å². The van der Waals surface area contributed by atoms with Crippen molar-refractivity contribution in [1.82, 2.24) is 9.55 Å². The first-order valence-electron chi connectivity index (χ1n) is 10.0. The van der Waals surface area contributed by atoms with Crippen LogP contribution in [0.3, 0.4) is 0 Å². The second-order valence-electron chi connectivity index (χ2n) is 7.57. The van der Waals surface area contributed by atoms with Gasteiger partial charge in [0.2, 0.25) is 5.91 Å². The molecule has 4 aromatic rings. The van der Waals surface area contributed by atoms with E-state index in [0.717, 1.165) is 16.8 Å². The van der Waals surface area contributed by atoms with Crippen molar-refractivity contribution in [3.63, 3.8) is 0 Å². The largest absolute Gasteiger partial charge is 0.325 e. The molecule has 5 nitrogen and oxygen atoms in total. The molecular formula is C24H23N3O2S2. The van der Waals surface area contributed by atoms with Gasteiger partial charge in [-0.1, -0.05) is 68.1 Å². The summed E-state index contributed by atoms with van der Waals surface area (Å²) in [5.41, 5.74) is 4.54. The topological polar surface area (TPSA) is 64.0 Å². The van der Waals surface area contributed by atoms with E-state index in [9.17, 15) is 9.59 Å². The highest BCUT2D eigenvalue weighted by Gasteiger charge is 2.16. The van der Waals surface area contributed by atoms with E-state index in [1.165, 1.54) is 33.2 Å². The van der Waals surface area contributed by atoms with Gasteiger partial charge in [0.1, 0.15) is 4.70 Å². The fourth-order valence-electron chi connectivity index (χ4n) is 3.25. The van der Waals surface area contributed by atoms with Crippen molar-refractivity contribution in [1.29, 1.82) is 0 Å². The zero-order chi connectivity index (χ0) is 22.0. The average Bonchev–Trinajstić information content (AvgIpc) is 3.20. The summed E-state index contributed by atoms with van der Waals surface area (Å²) >= 11 is 2.67. The summed E-state index contributed by atoms with van der Waals surface area (Å²) in [6, 6.07) is 17.8. The summed E-state index contributed by atoms with van der Waals surface area (Å²) in [5, 5.41) is 5.40. The number of fused-ring (bicyclic) bond motifs is 1. The molecule has 0 atom stereocenters. The number of thioether (sulfide) groups is 1. The van der Waals surface area contributed by atoms with Crippen LogP contribution in [0.25, 0.3) is 21.3 Å². The third-order valence-corrected chi connectivity index (χ3v) is 7.02. The number of carbonyl (C=O) groups excluding carboxylic acids is 1. The van der Waals surface area contributed by atoms with E-state index in [1.54, 1.807) is 7.05 Å². The van der Waals surface area contributed by atoms with Gasteiger partial charge in [-0.25, -0.2) is 4.98 Å². The number of aromatic nitrogens is 2. The second kappa shape index (κ2) is 9.08. The first-order chi connectivity index (χ1) is 14.9. The SMILES string of the molecule is CC(C)c1ccc(NC(=O)CSc2nc3c(-c4ccccc4)csc3c(=O)n2C)cc1. The summed E-state index contributed by atoms with van der Waals surface area (Å²) in [5.74, 6) is 0.480. The zero-order valence-electron chi connectivity index (χ0n) is 17.6. The minimum atomic E-state index is -0.134. The second-order valence-corrected chi connectivity index (χ2v) is 9.39. The lowest BCUT2D eigenvalue weighted by Gasteiger charge is -2.10. The molecule has 0 aliphatic carbocycles. The Morgan fingerprint density at radius 1 is 1.13 bits per heavy atom. The fraction of sp³-hybridized carbons (Fsp3) is 0.208. The van der Waals surface area contributed by atoms with E-state index < -0.39 is 0 Å². The van der Waals surface area contributed by atoms with Crippen LogP contribution in [-0.4, -0.2) is 21.2 Å². The minimum Gasteiger partial charge on any atom is -0.325 e. The summed E-state index contributed by atoms with van der Waals surface area (Å²) in [6.45, 7) is 4.27. The van der Waals surface area contributed by atoms with Crippen LogP contribution < -0.4 is 10.9 Å². The van der Waals surface area contributed by atoms with Gasteiger partial charge in [-0.2, -0.15) is 0 Å². The summed E-state index contributed by atoms with van der Waals surface area (Å²) in [7, 11) is 1.70. The number of nitrogens with zero attached hydrogens (tertiary/aromatic N) is 2. The molecule has 1 amide bonds. The Labute approximate surface area is 189 Å². The zero-order valence-corrected chi connectivity index (χ0v) is 19.2. The van der Waals surface area contributed by atoms with Crippen LogP contribution in [-0.2, 0) is 11.8 Å². The molecule has 0 aliphatic rings. The highest BCUT2D eigenvalue weighted by molar-refractivity contribution is 7.99. The average molecular weight is 450 g/mol. The van der Waals surface area contributed by atoms with E-state index in [2.05, 4.69) is 19.2 Å². The Bertz CT molecular complexity index is 1280. The first kappa shape index (κ1) is 21.3. The van der Waals surface area contributed by atoms with Crippen LogP contribution >= 0.6 is 23.1 Å². The van der Waals surface area contributed by atoms with Crippen molar-refractivity contribution in [3.8, 4) is 11.1 Å². The van der Waals surface area contributed by atoms with Crippen LogP contribution in [0.5, 0.6) is 0 Å². The van der Waals surface area contributed by atoms with Crippen molar-refractivity contribution in [2.75, 3.05) is 11.1 Å². The number of nitrogens with one attached hydrogen (secondary N) is 1. The third-order valence-electron chi connectivity index (χ3n) is 5.04. The van der Waals surface area contributed by atoms with Crippen LogP contribution in [0.15, 0.2) is 69.9 Å². The maximum absolute atomic E-state index is 12.8. The lowest BCUT2D eigenvalue weighted by molar-refractivity contribution is -0.113. The number of thiophene rings is 1. The van der Waals surface area contributed by atoms with Gasteiger partial charge in [0, 0.05) is 23.7 Å². The van der Waals surface area contributed by atoms with E-state index in [-0.39, 0.29) is 17.2 Å². The number of anilines is 1. The Balaban J connectivity index is 1.53. The van der Waals surface area contributed by atoms with Gasteiger partial charge in [-0.15, -0.1) is 11.3 Å². The summed E-state index contributed by atoms with van der Waals surface area (Å²) in [6.07, 6.45) is 0. The van der Waals surface area contributed by atoms with Crippen LogP contribution in [0.2, 0.25) is 0 Å². The van der Waals surface area contributed by atoms with Crippen molar-refractivity contribution in [2.24, 2.45) is 7.05 Å². The Morgan fingerprint density at radius 2 is 1.84 bits per heavy atom. The molecule has 31 heavy (non-hydrogen) atoms. The van der Waals surface area contributed by atoms with Crippen LogP contribution in [0.1, 0.15) is 25.3 Å². The highest BCUT2D eigenvalue weighted by Crippen LogP contribution is 2.32. The molecule has 0 saturated carbocycles. The minimum absolute atomic E-state index is 0.0932. The molecule has 4 rings (SSSR count). The molecule has 0 aliphatic heterocycles. The number of carbonyl (C=O) groups is 1. The lowest BCUT2D eigenvalue weighted by Crippen LogP contribution is -2.20. The molecule has 0 radical (unpaired) electrons. The van der Waals surface area contributed by atoms with Crippen molar-refractivity contribution >= 4 is 44.9 Å². The van der Waals surface area contributed by atoms with Gasteiger partial charge in [0.25, 0.3) is 5.56 Å². The van der Waals surface area contributed by atoms with E-state index in [0.29, 0.717) is 21.3 Å². The van der Waals surface area contributed by atoms with E-state index >= 15 is 0 Å². The third kappa shape index (κ3) is 4.57. The highest BCUT2D eigenvalue weighted by atomic mass is 32.2. The molecule has 0 fully saturated rings. The maximum atomic E-state index is 12.8. The summed E-state index contributed by atoms with van der Waals surface area (Å²) < 4.78 is 2.14. The van der Waals surface area contributed by atoms with Gasteiger partial charge >= 0.3 is 0 Å². The molecule has 158 valence electrons. The normalized spacial score (nSPS) is 11.2. The maximum Gasteiger partial charge on any atom is 0.271 e. The smallest absolute Gasteiger partial charge is 0.271 e. The van der Waals surface area contributed by atoms with Crippen LogP contribution in [0, 0.1) is 0 Å². The number of benzene rings is 2. The Morgan fingerprint density at radius 3 is 2.52 bits per heavy atom. The molecule has 2 heterocycles. The molecule has 0 spiro atoms. The quantitative estimate of drug-likeness (QED) is 0.311. The van der Waals surface area contributed by atoms with Crippen molar-refractivity contribution in [2.45, 2.75) is 24.9 Å². The lowest BCUT2D eigenvalue weighted by atomic mass is 10.0. The Hall–Kier alpha value is -2.90. The van der Waals surface area contributed by atoms with E-state index in [1.807, 2.05) is 60.0 Å². The van der Waals surface area contributed by atoms with Crippen molar-refractivity contribution in [3.05, 3.63) is 75.9 Å². The molecule has 0 saturated heterocycles. The van der Waals surface area contributed by atoms with E-state index in [4.69, 9.17) is 4.98 Å². The molecular weight excluding hydrogens is 426 g/mol. The predicted octanol–water partition coefficient (Wildman–Crippen LogP) is 5.52. The monoisotopic (exact) mass is 449 g/mol. The number of hydrogen-bond donors (Lipinski definition) is 1. The first-order valence-corrected chi connectivity index (χ1v) is 11.9. The van der Waals surface area contributed by atoms with Gasteiger partial charge in [0.15, 0.2) is 5.16 Å². The Kier molecular flexibility index (Phi) is 6.25. The van der Waals surface area contributed by atoms with Gasteiger partial charge < -0.3 is 5.32 Å². The van der Waals surface area contributed by atoms with Crippen molar-refractivity contribution < 1.29 is 4.79 Å². The molecule has 7 heteroatoms. The molecule has 2 aromatic heterocycles. The number of amides is 1.